The predicted molar refractivity (Wildman–Crippen MR) is 89.5 cm³/mol. The van der Waals surface area contributed by atoms with Gasteiger partial charge < -0.3 is 11.1 Å². The first kappa shape index (κ1) is 15.6. The second kappa shape index (κ2) is 6.77. The molecule has 0 fully saturated rings. The number of hydrogen-bond donors (Lipinski definition) is 2. The Morgan fingerprint density at radius 2 is 1.60 bits per heavy atom. The molecule has 0 unspecified atom stereocenters. The van der Waals surface area contributed by atoms with Gasteiger partial charge in [-0.2, -0.15) is 0 Å². The van der Waals surface area contributed by atoms with Crippen LogP contribution in [0.25, 0.3) is 0 Å². The summed E-state index contributed by atoms with van der Waals surface area (Å²) in [6.07, 6.45) is 0.746. The predicted octanol–water partition coefficient (Wildman–Crippen LogP) is 5.54. The van der Waals surface area contributed by atoms with Gasteiger partial charge in [0.2, 0.25) is 0 Å². The Kier molecular flexibility index (Phi) is 5.28. The van der Waals surface area contributed by atoms with Crippen LogP contribution in [0.4, 0.5) is 11.4 Å². The maximum Gasteiger partial charge on any atom is 0.0614 e. The summed E-state index contributed by atoms with van der Waals surface area (Å²) < 4.78 is 0. The van der Waals surface area contributed by atoms with Crippen LogP contribution in [0, 0.1) is 0 Å². The highest BCUT2D eigenvalue weighted by atomic mass is 35.5. The molecule has 0 aromatic heterocycles. The van der Waals surface area contributed by atoms with E-state index in [4.69, 9.17) is 52.1 Å². The van der Waals surface area contributed by atoms with Gasteiger partial charge in [-0.15, -0.1) is 0 Å². The van der Waals surface area contributed by atoms with E-state index >= 15 is 0 Å². The number of anilines is 2. The van der Waals surface area contributed by atoms with Crippen molar-refractivity contribution in [3.8, 4) is 0 Å². The van der Waals surface area contributed by atoms with Crippen molar-refractivity contribution < 1.29 is 0 Å². The van der Waals surface area contributed by atoms with Crippen LogP contribution < -0.4 is 11.1 Å². The van der Waals surface area contributed by atoms with Crippen molar-refractivity contribution >= 4 is 57.8 Å². The third-order valence-electron chi connectivity index (χ3n) is 2.82. The molecule has 2 aromatic rings. The molecule has 0 bridgehead atoms. The van der Waals surface area contributed by atoms with Gasteiger partial charge in [0.15, 0.2) is 0 Å². The minimum absolute atomic E-state index is 0.440. The van der Waals surface area contributed by atoms with E-state index < -0.39 is 0 Å². The summed E-state index contributed by atoms with van der Waals surface area (Å²) in [5, 5.41) is 5.40. The molecule has 20 heavy (non-hydrogen) atoms. The van der Waals surface area contributed by atoms with Crippen LogP contribution in [0.1, 0.15) is 5.56 Å². The molecule has 106 valence electrons. The van der Waals surface area contributed by atoms with Gasteiger partial charge in [0.05, 0.1) is 21.4 Å². The average Bonchev–Trinajstić information content (AvgIpc) is 2.38. The van der Waals surface area contributed by atoms with E-state index in [1.54, 1.807) is 18.2 Å². The lowest BCUT2D eigenvalue weighted by molar-refractivity contribution is 1.02. The highest BCUT2D eigenvalue weighted by Gasteiger charge is 2.06. The Hall–Kier alpha value is -0.800. The van der Waals surface area contributed by atoms with E-state index in [-0.39, 0.29) is 0 Å². The number of nitrogens with one attached hydrogen (secondary N) is 1. The largest absolute Gasteiger partial charge is 0.397 e. The third kappa shape index (κ3) is 3.86. The van der Waals surface area contributed by atoms with E-state index in [0.29, 0.717) is 32.3 Å². The number of nitrogen functional groups attached to an aromatic ring is 1. The van der Waals surface area contributed by atoms with Crippen molar-refractivity contribution in [3.05, 3.63) is 56.0 Å². The molecule has 0 heterocycles. The summed E-state index contributed by atoms with van der Waals surface area (Å²) in [7, 11) is 0. The molecule has 2 rings (SSSR count). The van der Waals surface area contributed by atoms with Gasteiger partial charge in [0.25, 0.3) is 0 Å². The molecule has 0 saturated heterocycles. The Bertz CT molecular complexity index is 629. The van der Waals surface area contributed by atoms with Crippen LogP contribution in [0.15, 0.2) is 30.3 Å². The molecule has 2 nitrogen and oxygen atoms in total. The first-order valence-electron chi connectivity index (χ1n) is 5.89. The zero-order valence-electron chi connectivity index (χ0n) is 10.4. The molecule has 0 radical (unpaired) electrons. The summed E-state index contributed by atoms with van der Waals surface area (Å²) in [6.45, 7) is 0.670. The lowest BCUT2D eigenvalue weighted by atomic mass is 10.1. The number of rotatable bonds is 4. The van der Waals surface area contributed by atoms with E-state index in [0.717, 1.165) is 17.7 Å². The van der Waals surface area contributed by atoms with Crippen molar-refractivity contribution in [1.82, 2.24) is 0 Å². The van der Waals surface area contributed by atoms with Gasteiger partial charge >= 0.3 is 0 Å². The van der Waals surface area contributed by atoms with Crippen LogP contribution in [-0.2, 0) is 6.42 Å². The number of nitrogens with two attached hydrogens (primary N) is 1. The Balaban J connectivity index is 2.01. The van der Waals surface area contributed by atoms with Crippen LogP contribution in [0.2, 0.25) is 20.1 Å². The van der Waals surface area contributed by atoms with Crippen molar-refractivity contribution in [3.63, 3.8) is 0 Å². The zero-order chi connectivity index (χ0) is 14.7. The molecule has 2 aromatic carbocycles. The molecule has 0 aliphatic heterocycles. The molecule has 0 atom stereocenters. The molecule has 0 amide bonds. The lowest BCUT2D eigenvalue weighted by Gasteiger charge is -2.11. The standard InChI is InChI=1S/C14H12Cl4N2/c15-9-2-1-8(10(16)5-9)3-4-20-14-7-12(18)11(17)6-13(14)19/h1-2,5-7,20H,3-4,19H2. The van der Waals surface area contributed by atoms with Crippen molar-refractivity contribution in [1.29, 1.82) is 0 Å². The summed E-state index contributed by atoms with van der Waals surface area (Å²) >= 11 is 23.8. The Labute approximate surface area is 137 Å². The van der Waals surface area contributed by atoms with Crippen LogP contribution in [0.5, 0.6) is 0 Å². The third-order valence-corrected chi connectivity index (χ3v) is 4.13. The monoisotopic (exact) mass is 348 g/mol. The smallest absolute Gasteiger partial charge is 0.0614 e. The molecule has 0 spiro atoms. The fraction of sp³-hybridized carbons (Fsp3) is 0.143. The van der Waals surface area contributed by atoms with E-state index in [9.17, 15) is 0 Å². The molecule has 3 N–H and O–H groups in total. The summed E-state index contributed by atoms with van der Waals surface area (Å²) in [5.41, 5.74) is 8.20. The van der Waals surface area contributed by atoms with Crippen molar-refractivity contribution in [2.45, 2.75) is 6.42 Å². The fourth-order valence-electron chi connectivity index (χ4n) is 1.77. The van der Waals surface area contributed by atoms with Gasteiger partial charge in [-0.3, -0.25) is 0 Å². The SMILES string of the molecule is Nc1cc(Cl)c(Cl)cc1NCCc1ccc(Cl)cc1Cl. The molecule has 0 aliphatic rings. The van der Waals surface area contributed by atoms with Gasteiger partial charge in [-0.1, -0.05) is 52.5 Å². The average molecular weight is 350 g/mol. The van der Waals surface area contributed by atoms with Gasteiger partial charge in [-0.25, -0.2) is 0 Å². The summed E-state index contributed by atoms with van der Waals surface area (Å²) in [6, 6.07) is 8.79. The van der Waals surface area contributed by atoms with Crippen LogP contribution in [-0.4, -0.2) is 6.54 Å². The quantitative estimate of drug-likeness (QED) is 0.711. The van der Waals surface area contributed by atoms with Crippen molar-refractivity contribution in [2.24, 2.45) is 0 Å². The molecule has 0 aliphatic carbocycles. The molecule has 0 saturated carbocycles. The first-order chi connectivity index (χ1) is 9.47. The van der Waals surface area contributed by atoms with E-state index in [1.165, 1.54) is 0 Å². The number of benzene rings is 2. The number of halogens is 4. The van der Waals surface area contributed by atoms with Crippen LogP contribution >= 0.6 is 46.4 Å². The summed E-state index contributed by atoms with van der Waals surface area (Å²) in [4.78, 5) is 0. The maximum atomic E-state index is 6.11. The Morgan fingerprint density at radius 3 is 2.30 bits per heavy atom. The first-order valence-corrected chi connectivity index (χ1v) is 7.41. The minimum atomic E-state index is 0.440. The van der Waals surface area contributed by atoms with E-state index in [1.807, 2.05) is 12.1 Å². The maximum absolute atomic E-state index is 6.11. The minimum Gasteiger partial charge on any atom is -0.397 e. The molecular weight excluding hydrogens is 338 g/mol. The molecular formula is C14H12Cl4N2. The zero-order valence-corrected chi connectivity index (χ0v) is 13.4. The highest BCUT2D eigenvalue weighted by Crippen LogP contribution is 2.30. The summed E-state index contributed by atoms with van der Waals surface area (Å²) in [5.74, 6) is 0. The highest BCUT2D eigenvalue weighted by molar-refractivity contribution is 6.42. The molecule has 6 heteroatoms. The topological polar surface area (TPSA) is 38.0 Å². The van der Waals surface area contributed by atoms with Gasteiger partial charge in [-0.05, 0) is 36.2 Å². The second-order valence-corrected chi connectivity index (χ2v) is 5.92. The fourth-order valence-corrected chi connectivity index (χ4v) is 2.61. The normalized spacial score (nSPS) is 10.6. The number of hydrogen-bond acceptors (Lipinski definition) is 2. The van der Waals surface area contributed by atoms with Gasteiger partial charge in [0.1, 0.15) is 0 Å². The second-order valence-electron chi connectivity index (χ2n) is 4.27. The van der Waals surface area contributed by atoms with Gasteiger partial charge in [0, 0.05) is 16.6 Å². The van der Waals surface area contributed by atoms with Crippen LogP contribution in [0.3, 0.4) is 0 Å². The van der Waals surface area contributed by atoms with E-state index in [2.05, 4.69) is 5.32 Å². The van der Waals surface area contributed by atoms with Crippen molar-refractivity contribution in [2.75, 3.05) is 17.6 Å². The Morgan fingerprint density at radius 1 is 0.900 bits per heavy atom. The lowest BCUT2D eigenvalue weighted by Crippen LogP contribution is -2.07.